The van der Waals surface area contributed by atoms with E-state index in [2.05, 4.69) is 196 Å². The summed E-state index contributed by atoms with van der Waals surface area (Å²) >= 11 is 0. The molecule has 0 saturated heterocycles. The second kappa shape index (κ2) is 13.7. The maximum Gasteiger partial charge on any atom is 0.0991 e. The first-order valence-corrected chi connectivity index (χ1v) is 20.9. The number of fused-ring (bicyclic) bond motifs is 9. The van der Waals surface area contributed by atoms with Crippen molar-refractivity contribution >= 4 is 71.1 Å². The molecule has 7 aromatic carbocycles. The van der Waals surface area contributed by atoms with Gasteiger partial charge in [0.1, 0.15) is 0 Å². The predicted molar refractivity (Wildman–Crippen MR) is 250 cm³/mol. The lowest BCUT2D eigenvalue weighted by Crippen LogP contribution is -2.15. The molecular formula is C56H37N5. The van der Waals surface area contributed by atoms with E-state index in [1.165, 1.54) is 38.2 Å². The molecule has 0 amide bonds. The zero-order chi connectivity index (χ0) is 40.6. The minimum Gasteiger partial charge on any atom is -0.333 e. The molecule has 286 valence electrons. The lowest BCUT2D eigenvalue weighted by molar-refractivity contribution is 0.621. The smallest absolute Gasteiger partial charge is 0.0991 e. The van der Waals surface area contributed by atoms with Gasteiger partial charge in [0.05, 0.1) is 51.7 Å². The number of rotatable bonds is 5. The van der Waals surface area contributed by atoms with Crippen molar-refractivity contribution in [2.45, 2.75) is 18.9 Å². The highest BCUT2D eigenvalue weighted by Gasteiger charge is 2.28. The van der Waals surface area contributed by atoms with Gasteiger partial charge in [-0.25, -0.2) is 0 Å². The minimum absolute atomic E-state index is 0.0117. The van der Waals surface area contributed by atoms with Crippen LogP contribution in [0, 0.1) is 28.6 Å². The molecule has 0 radical (unpaired) electrons. The fourth-order valence-electron chi connectivity index (χ4n) is 10.2. The molecule has 3 heterocycles. The van der Waals surface area contributed by atoms with Gasteiger partial charge in [-0.15, -0.1) is 0 Å². The molecule has 3 aromatic heterocycles. The van der Waals surface area contributed by atoms with Crippen molar-refractivity contribution in [3.63, 3.8) is 0 Å². The molecule has 2 unspecified atom stereocenters. The van der Waals surface area contributed by atoms with Crippen LogP contribution in [0.4, 0.5) is 0 Å². The molecule has 0 fully saturated rings. The minimum atomic E-state index is -0.262. The van der Waals surface area contributed by atoms with Crippen molar-refractivity contribution < 1.29 is 0 Å². The Labute approximate surface area is 352 Å². The van der Waals surface area contributed by atoms with Crippen molar-refractivity contribution in [1.29, 1.82) is 10.5 Å². The molecule has 0 saturated carbocycles. The van der Waals surface area contributed by atoms with Gasteiger partial charge in [0.2, 0.25) is 0 Å². The zero-order valence-electron chi connectivity index (χ0n) is 33.2. The third-order valence-electron chi connectivity index (χ3n) is 13.0. The molecule has 12 rings (SSSR count). The number of allylic oxidation sites excluding steroid dienone is 8. The third kappa shape index (κ3) is 5.38. The Kier molecular flexibility index (Phi) is 7.85. The topological polar surface area (TPSA) is 62.4 Å². The van der Waals surface area contributed by atoms with E-state index in [9.17, 15) is 10.5 Å². The largest absolute Gasteiger partial charge is 0.333 e. The molecule has 5 heteroatoms. The summed E-state index contributed by atoms with van der Waals surface area (Å²) in [5, 5.41) is 27.6. The van der Waals surface area contributed by atoms with Gasteiger partial charge >= 0.3 is 0 Å². The number of nitriles is 2. The number of hydrogen-bond acceptors (Lipinski definition) is 2. The Morgan fingerprint density at radius 2 is 1.13 bits per heavy atom. The van der Waals surface area contributed by atoms with E-state index in [0.29, 0.717) is 12.0 Å². The van der Waals surface area contributed by atoms with E-state index in [4.69, 9.17) is 0 Å². The van der Waals surface area contributed by atoms with Crippen LogP contribution in [0.25, 0.3) is 87.9 Å². The quantitative estimate of drug-likeness (QED) is 0.175. The summed E-state index contributed by atoms with van der Waals surface area (Å²) in [6.45, 7) is 0. The highest BCUT2D eigenvalue weighted by molar-refractivity contribution is 6.13. The van der Waals surface area contributed by atoms with Crippen LogP contribution in [-0.2, 0) is 0 Å². The summed E-state index contributed by atoms with van der Waals surface area (Å²) in [5.41, 5.74) is 14.3. The highest BCUT2D eigenvalue weighted by atomic mass is 15.0. The predicted octanol–water partition coefficient (Wildman–Crippen LogP) is 14.0. The molecule has 2 atom stereocenters. The first kappa shape index (κ1) is 34.9. The van der Waals surface area contributed by atoms with E-state index >= 15 is 0 Å². The Hall–Kier alpha value is -8.12. The summed E-state index contributed by atoms with van der Waals surface area (Å²) in [4.78, 5) is 0. The van der Waals surface area contributed by atoms with E-state index in [1.807, 2.05) is 18.2 Å². The number of para-hydroxylation sites is 3. The standard InChI is InChI=1S/C56H37N5/c57-34-36-21-26-54-48(29-36)49-31-38(37-11-2-1-3-12-37)23-27-55(49)59(54)41-14-10-13-39(30-41)47-32-42(24-22-40(47)35-58)61-53-20-9-6-17-46(53)50-33-43(25-28-56(50)61)60-51-18-7-4-15-44(51)45-16-5-8-19-52(45)60/h1-21,23-29,31-33,40-41H,22,30H2. The molecule has 0 spiro atoms. The molecule has 10 aromatic rings. The number of aromatic nitrogens is 3. The van der Waals surface area contributed by atoms with Crippen molar-refractivity contribution in [3.8, 4) is 29.0 Å². The van der Waals surface area contributed by atoms with Gasteiger partial charge < -0.3 is 13.7 Å². The van der Waals surface area contributed by atoms with Crippen LogP contribution in [0.2, 0.25) is 0 Å². The molecular weight excluding hydrogens is 743 g/mol. The van der Waals surface area contributed by atoms with Crippen molar-refractivity contribution in [2.24, 2.45) is 5.92 Å². The molecule has 2 aliphatic carbocycles. The van der Waals surface area contributed by atoms with Crippen LogP contribution in [-0.4, -0.2) is 13.7 Å². The van der Waals surface area contributed by atoms with E-state index in [1.54, 1.807) is 0 Å². The van der Waals surface area contributed by atoms with Gasteiger partial charge in [-0.1, -0.05) is 115 Å². The van der Waals surface area contributed by atoms with E-state index in [0.717, 1.165) is 67.3 Å². The normalized spacial score (nSPS) is 16.6. The molecule has 0 aliphatic heterocycles. The Morgan fingerprint density at radius 1 is 0.525 bits per heavy atom. The number of hydrogen-bond donors (Lipinski definition) is 0. The van der Waals surface area contributed by atoms with Crippen molar-refractivity contribution in [2.75, 3.05) is 0 Å². The average molecular weight is 780 g/mol. The van der Waals surface area contributed by atoms with Crippen LogP contribution in [0.5, 0.6) is 0 Å². The molecule has 2 aliphatic rings. The summed E-state index contributed by atoms with van der Waals surface area (Å²) < 4.78 is 7.19. The van der Waals surface area contributed by atoms with Gasteiger partial charge in [-0.3, -0.25) is 0 Å². The SMILES string of the molecule is N#Cc1ccc2c(c1)c1cc(-c3ccccc3)ccc1n2C1C=CC=C(C2=CC(n3c4ccccc4c4cc(-n5c6ccccc6c6ccccc65)ccc43)=CCC2C#N)C1. The van der Waals surface area contributed by atoms with Crippen molar-refractivity contribution in [1.82, 2.24) is 13.7 Å². The fourth-order valence-corrected chi connectivity index (χ4v) is 10.2. The average Bonchev–Trinajstić information content (AvgIpc) is 3.96. The maximum absolute atomic E-state index is 10.6. The van der Waals surface area contributed by atoms with Crippen molar-refractivity contribution in [3.05, 3.63) is 205 Å². The summed E-state index contributed by atoms with van der Waals surface area (Å²) in [5.74, 6) is -0.262. The lowest BCUT2D eigenvalue weighted by Gasteiger charge is -2.27. The number of benzene rings is 7. The van der Waals surface area contributed by atoms with Crippen LogP contribution in [0.3, 0.4) is 0 Å². The summed E-state index contributed by atoms with van der Waals surface area (Å²) in [6, 6.07) is 61.0. The molecule has 5 nitrogen and oxygen atoms in total. The van der Waals surface area contributed by atoms with E-state index < -0.39 is 0 Å². The van der Waals surface area contributed by atoms with Gasteiger partial charge in [0, 0.05) is 54.7 Å². The molecule has 0 bridgehead atoms. The van der Waals surface area contributed by atoms with Gasteiger partial charge in [-0.2, -0.15) is 10.5 Å². The maximum atomic E-state index is 10.6. The lowest BCUT2D eigenvalue weighted by atomic mass is 9.82. The number of nitrogens with zero attached hydrogens (tertiary/aromatic N) is 5. The summed E-state index contributed by atoms with van der Waals surface area (Å²) in [7, 11) is 0. The third-order valence-corrected chi connectivity index (χ3v) is 13.0. The first-order valence-electron chi connectivity index (χ1n) is 20.9. The van der Waals surface area contributed by atoms with Crippen LogP contribution >= 0.6 is 0 Å². The van der Waals surface area contributed by atoms with Crippen LogP contribution < -0.4 is 0 Å². The monoisotopic (exact) mass is 779 g/mol. The van der Waals surface area contributed by atoms with Crippen LogP contribution in [0.1, 0.15) is 24.4 Å². The second-order valence-corrected chi connectivity index (χ2v) is 16.2. The van der Waals surface area contributed by atoms with Gasteiger partial charge in [0.25, 0.3) is 0 Å². The van der Waals surface area contributed by atoms with Crippen LogP contribution in [0.15, 0.2) is 199 Å². The fraction of sp³-hybridized carbons (Fsp3) is 0.0714. The Balaban J connectivity index is 0.959. The first-order chi connectivity index (χ1) is 30.2. The zero-order valence-corrected chi connectivity index (χ0v) is 33.2. The molecule has 61 heavy (non-hydrogen) atoms. The van der Waals surface area contributed by atoms with Gasteiger partial charge in [-0.05, 0) is 108 Å². The second-order valence-electron chi connectivity index (χ2n) is 16.2. The van der Waals surface area contributed by atoms with Gasteiger partial charge in [0.15, 0.2) is 0 Å². The Bertz CT molecular complexity index is 3630. The Morgan fingerprint density at radius 3 is 1.85 bits per heavy atom. The summed E-state index contributed by atoms with van der Waals surface area (Å²) in [6.07, 6.45) is 12.5. The molecule has 0 N–H and O–H groups in total. The van der Waals surface area contributed by atoms with E-state index in [-0.39, 0.29) is 12.0 Å². The highest BCUT2D eigenvalue weighted by Crippen LogP contribution is 2.43.